The average molecular weight is 652 g/mol. The van der Waals surface area contributed by atoms with E-state index in [0.29, 0.717) is 5.69 Å². The molecule has 1 atom stereocenters. The Balaban J connectivity index is 2.06. The normalized spacial score (nSPS) is 12.2. The van der Waals surface area contributed by atoms with Crippen LogP contribution in [0.25, 0.3) is 0 Å². The number of amides is 2. The van der Waals surface area contributed by atoms with Crippen LogP contribution in [0.15, 0.2) is 78.9 Å². The van der Waals surface area contributed by atoms with Crippen molar-refractivity contribution in [3.8, 4) is 0 Å². The SMILES string of the molecule is CC(C)NC(=O)[C@@H](Cc1ccccc1)N(Cc1ccccc1F)C(=O)CN(c1ccc(I)cc1)S(C)(=O)=O. The lowest BCUT2D eigenvalue weighted by Crippen LogP contribution is -2.54. The van der Waals surface area contributed by atoms with E-state index in [0.717, 1.165) is 19.7 Å². The lowest BCUT2D eigenvalue weighted by Gasteiger charge is -2.34. The van der Waals surface area contributed by atoms with Gasteiger partial charge >= 0.3 is 0 Å². The fraction of sp³-hybridized carbons (Fsp3) is 0.286. The van der Waals surface area contributed by atoms with Crippen molar-refractivity contribution < 1.29 is 22.4 Å². The summed E-state index contributed by atoms with van der Waals surface area (Å²) in [5.41, 5.74) is 1.34. The molecule has 0 radical (unpaired) electrons. The number of carbonyl (C=O) groups excluding carboxylic acids is 2. The Morgan fingerprint density at radius 3 is 2.13 bits per heavy atom. The van der Waals surface area contributed by atoms with Gasteiger partial charge in [0.15, 0.2) is 0 Å². The molecule has 0 saturated carbocycles. The molecule has 3 aromatic rings. The number of halogens is 2. The molecular formula is C28H31FIN3O4S. The van der Waals surface area contributed by atoms with Crippen LogP contribution in [0.5, 0.6) is 0 Å². The summed E-state index contributed by atoms with van der Waals surface area (Å²) in [7, 11) is -3.86. The number of rotatable bonds is 11. The summed E-state index contributed by atoms with van der Waals surface area (Å²) in [5, 5.41) is 2.86. The van der Waals surface area contributed by atoms with Crippen molar-refractivity contribution >= 4 is 50.1 Å². The Labute approximate surface area is 237 Å². The van der Waals surface area contributed by atoms with E-state index >= 15 is 0 Å². The molecule has 3 aromatic carbocycles. The number of sulfonamides is 1. The summed E-state index contributed by atoms with van der Waals surface area (Å²) in [6, 6.07) is 20.7. The van der Waals surface area contributed by atoms with Crippen LogP contribution in [0, 0.1) is 9.39 Å². The molecule has 0 aliphatic carbocycles. The monoisotopic (exact) mass is 651 g/mol. The van der Waals surface area contributed by atoms with Crippen LogP contribution in [-0.4, -0.2) is 50.0 Å². The van der Waals surface area contributed by atoms with Crippen LogP contribution in [0.1, 0.15) is 25.0 Å². The second kappa shape index (κ2) is 13.2. The van der Waals surface area contributed by atoms with E-state index < -0.39 is 40.2 Å². The van der Waals surface area contributed by atoms with E-state index in [1.54, 1.807) is 42.5 Å². The zero-order valence-electron chi connectivity index (χ0n) is 21.5. The summed E-state index contributed by atoms with van der Waals surface area (Å²) in [5.74, 6) is -1.56. The maximum Gasteiger partial charge on any atom is 0.244 e. The molecule has 7 nitrogen and oxygen atoms in total. The quantitative estimate of drug-likeness (QED) is 0.313. The number of carbonyl (C=O) groups is 2. The van der Waals surface area contributed by atoms with Gasteiger partial charge in [-0.15, -0.1) is 0 Å². The summed E-state index contributed by atoms with van der Waals surface area (Å²) < 4.78 is 42.1. The van der Waals surface area contributed by atoms with Crippen molar-refractivity contribution in [1.82, 2.24) is 10.2 Å². The second-order valence-electron chi connectivity index (χ2n) is 9.23. The molecule has 0 aliphatic heterocycles. The van der Waals surface area contributed by atoms with Gasteiger partial charge in [-0.1, -0.05) is 48.5 Å². The zero-order chi connectivity index (χ0) is 27.9. The van der Waals surface area contributed by atoms with Crippen molar-refractivity contribution in [3.05, 3.63) is 99.4 Å². The lowest BCUT2D eigenvalue weighted by atomic mass is 10.0. The molecule has 0 heterocycles. The van der Waals surface area contributed by atoms with Gasteiger partial charge in [0.25, 0.3) is 0 Å². The highest BCUT2D eigenvalue weighted by molar-refractivity contribution is 14.1. The lowest BCUT2D eigenvalue weighted by molar-refractivity contribution is -0.140. The van der Waals surface area contributed by atoms with Crippen LogP contribution >= 0.6 is 22.6 Å². The Kier molecular flexibility index (Phi) is 10.3. The minimum Gasteiger partial charge on any atom is -0.352 e. The minimum absolute atomic E-state index is 0.169. The molecule has 38 heavy (non-hydrogen) atoms. The molecule has 0 saturated heterocycles. The van der Waals surface area contributed by atoms with E-state index in [4.69, 9.17) is 0 Å². The molecule has 0 aliphatic rings. The summed E-state index contributed by atoms with van der Waals surface area (Å²) in [6.07, 6.45) is 1.19. The molecular weight excluding hydrogens is 620 g/mol. The van der Waals surface area contributed by atoms with E-state index in [9.17, 15) is 22.4 Å². The van der Waals surface area contributed by atoms with E-state index in [1.807, 2.05) is 44.2 Å². The average Bonchev–Trinajstić information content (AvgIpc) is 2.85. The van der Waals surface area contributed by atoms with Gasteiger partial charge in [0.2, 0.25) is 21.8 Å². The molecule has 1 N–H and O–H groups in total. The first kappa shape index (κ1) is 29.6. The second-order valence-corrected chi connectivity index (χ2v) is 12.4. The van der Waals surface area contributed by atoms with Crippen LogP contribution in [0.2, 0.25) is 0 Å². The third kappa shape index (κ3) is 8.26. The number of benzene rings is 3. The minimum atomic E-state index is -3.86. The molecule has 0 spiro atoms. The standard InChI is InChI=1S/C28H31FIN3O4S/c1-20(2)31-28(35)26(17-21-9-5-4-6-10-21)32(18-22-11-7-8-12-25(22)29)27(34)19-33(38(3,36)37)24-15-13-23(30)14-16-24/h4-16,20,26H,17-19H2,1-3H3,(H,31,35)/t26-/m1/s1. The Bertz CT molecular complexity index is 1350. The van der Waals surface area contributed by atoms with Gasteiger partial charge in [0.05, 0.1) is 11.9 Å². The maximum atomic E-state index is 14.7. The van der Waals surface area contributed by atoms with Crippen LogP contribution in [0.3, 0.4) is 0 Å². The highest BCUT2D eigenvalue weighted by Crippen LogP contribution is 2.22. The molecule has 0 fully saturated rings. The Morgan fingerprint density at radius 1 is 0.947 bits per heavy atom. The number of hydrogen-bond donors (Lipinski definition) is 1. The molecule has 0 bridgehead atoms. The number of anilines is 1. The predicted octanol–water partition coefficient (Wildman–Crippen LogP) is 4.36. The Hall–Kier alpha value is -2.99. The van der Waals surface area contributed by atoms with Gasteiger partial charge in [-0.05, 0) is 72.3 Å². The first-order valence-corrected chi connectivity index (χ1v) is 15.0. The van der Waals surface area contributed by atoms with Gasteiger partial charge in [0, 0.05) is 28.1 Å². The number of nitrogens with one attached hydrogen (secondary N) is 1. The highest BCUT2D eigenvalue weighted by atomic mass is 127. The predicted molar refractivity (Wildman–Crippen MR) is 156 cm³/mol. The fourth-order valence-corrected chi connectivity index (χ4v) is 5.18. The van der Waals surface area contributed by atoms with Gasteiger partial charge in [-0.2, -0.15) is 0 Å². The molecule has 2 amide bonds. The maximum absolute atomic E-state index is 14.7. The van der Waals surface area contributed by atoms with Gasteiger partial charge in [-0.3, -0.25) is 13.9 Å². The molecule has 0 aromatic heterocycles. The van der Waals surface area contributed by atoms with Gasteiger partial charge < -0.3 is 10.2 Å². The molecule has 202 valence electrons. The summed E-state index contributed by atoms with van der Waals surface area (Å²) in [4.78, 5) is 28.6. The first-order valence-electron chi connectivity index (χ1n) is 12.1. The fourth-order valence-electron chi connectivity index (χ4n) is 3.97. The topological polar surface area (TPSA) is 86.8 Å². The number of hydrogen-bond acceptors (Lipinski definition) is 4. The third-order valence-electron chi connectivity index (χ3n) is 5.79. The van der Waals surface area contributed by atoms with Crippen molar-refractivity contribution in [2.75, 3.05) is 17.1 Å². The van der Waals surface area contributed by atoms with Gasteiger partial charge in [-0.25, -0.2) is 12.8 Å². The van der Waals surface area contributed by atoms with Crippen molar-refractivity contribution in [2.45, 2.75) is 38.9 Å². The van der Waals surface area contributed by atoms with E-state index in [2.05, 4.69) is 27.9 Å². The van der Waals surface area contributed by atoms with Crippen LogP contribution in [-0.2, 0) is 32.6 Å². The van der Waals surface area contributed by atoms with E-state index in [-0.39, 0.29) is 24.6 Å². The molecule has 10 heteroatoms. The smallest absolute Gasteiger partial charge is 0.244 e. The highest BCUT2D eigenvalue weighted by Gasteiger charge is 2.33. The van der Waals surface area contributed by atoms with Crippen molar-refractivity contribution in [3.63, 3.8) is 0 Å². The van der Waals surface area contributed by atoms with Gasteiger partial charge in [0.1, 0.15) is 18.4 Å². The largest absolute Gasteiger partial charge is 0.352 e. The summed E-state index contributed by atoms with van der Waals surface area (Å²) in [6.45, 7) is 2.86. The van der Waals surface area contributed by atoms with Crippen LogP contribution in [0.4, 0.5) is 10.1 Å². The van der Waals surface area contributed by atoms with E-state index in [1.165, 1.54) is 11.0 Å². The first-order chi connectivity index (χ1) is 18.0. The zero-order valence-corrected chi connectivity index (χ0v) is 24.4. The summed E-state index contributed by atoms with van der Waals surface area (Å²) >= 11 is 2.10. The number of nitrogens with zero attached hydrogens (tertiary/aromatic N) is 2. The third-order valence-corrected chi connectivity index (χ3v) is 7.65. The van der Waals surface area contributed by atoms with Crippen molar-refractivity contribution in [1.29, 1.82) is 0 Å². The molecule has 3 rings (SSSR count). The van der Waals surface area contributed by atoms with Crippen molar-refractivity contribution in [2.24, 2.45) is 0 Å². The Morgan fingerprint density at radius 2 is 1.55 bits per heavy atom. The molecule has 0 unspecified atom stereocenters. The van der Waals surface area contributed by atoms with Crippen LogP contribution < -0.4 is 9.62 Å².